The van der Waals surface area contributed by atoms with E-state index in [4.69, 9.17) is 16.3 Å². The van der Waals surface area contributed by atoms with Gasteiger partial charge < -0.3 is 4.74 Å². The van der Waals surface area contributed by atoms with Crippen molar-refractivity contribution in [2.75, 3.05) is 5.33 Å². The van der Waals surface area contributed by atoms with Gasteiger partial charge in [0.2, 0.25) is 0 Å². The van der Waals surface area contributed by atoms with Gasteiger partial charge in [-0.05, 0) is 30.2 Å². The molecule has 0 aliphatic heterocycles. The van der Waals surface area contributed by atoms with Gasteiger partial charge in [0.05, 0.1) is 12.2 Å². The Morgan fingerprint density at radius 1 is 1.00 bits per heavy atom. The topological polar surface area (TPSA) is 9.23 Å². The number of alkyl halides is 1. The normalized spacial score (nSPS) is 14.1. The lowest BCUT2D eigenvalue weighted by Crippen LogP contribution is -2.09. The quantitative estimate of drug-likeness (QED) is 0.649. The molecule has 0 fully saturated rings. The van der Waals surface area contributed by atoms with Crippen molar-refractivity contribution in [1.82, 2.24) is 0 Å². The van der Waals surface area contributed by atoms with Crippen LogP contribution in [0.3, 0.4) is 0 Å². The Bertz CT molecular complexity index is 498. The summed E-state index contributed by atoms with van der Waals surface area (Å²) < 4.78 is 6.12. The number of halogens is 2. The summed E-state index contributed by atoms with van der Waals surface area (Å²) in [6.07, 6.45) is 0.0758. The fourth-order valence-corrected chi connectivity index (χ4v) is 2.58. The number of benzene rings is 2. The van der Waals surface area contributed by atoms with Gasteiger partial charge in [0.15, 0.2) is 0 Å². The highest BCUT2D eigenvalue weighted by Crippen LogP contribution is 2.28. The lowest BCUT2D eigenvalue weighted by Gasteiger charge is -2.21. The SMILES string of the molecule is CC(OC(CBr)c1ccc(Cl)cc1)c1ccccc1. The molecule has 0 N–H and O–H groups in total. The summed E-state index contributed by atoms with van der Waals surface area (Å²) in [5, 5.41) is 1.50. The zero-order chi connectivity index (χ0) is 13.7. The molecule has 0 aliphatic rings. The van der Waals surface area contributed by atoms with E-state index in [1.807, 2.05) is 42.5 Å². The molecule has 0 aliphatic carbocycles. The van der Waals surface area contributed by atoms with Crippen molar-refractivity contribution in [3.8, 4) is 0 Å². The maximum atomic E-state index is 6.12. The van der Waals surface area contributed by atoms with Crippen LogP contribution in [-0.2, 0) is 4.74 Å². The van der Waals surface area contributed by atoms with Crippen molar-refractivity contribution in [3.05, 3.63) is 70.7 Å². The van der Waals surface area contributed by atoms with Crippen molar-refractivity contribution in [1.29, 1.82) is 0 Å². The second kappa shape index (κ2) is 7.09. The monoisotopic (exact) mass is 338 g/mol. The molecule has 2 rings (SSSR count). The van der Waals surface area contributed by atoms with E-state index in [1.165, 1.54) is 5.56 Å². The molecule has 3 heteroatoms. The molecule has 2 aromatic rings. The van der Waals surface area contributed by atoms with Crippen LogP contribution in [0.1, 0.15) is 30.3 Å². The smallest absolute Gasteiger partial charge is 0.0929 e. The van der Waals surface area contributed by atoms with Crippen LogP contribution in [0, 0.1) is 0 Å². The van der Waals surface area contributed by atoms with Gasteiger partial charge in [-0.2, -0.15) is 0 Å². The molecule has 1 nitrogen and oxygen atoms in total. The Labute approximate surface area is 127 Å². The Kier molecular flexibility index (Phi) is 5.44. The minimum absolute atomic E-state index is 0.0208. The summed E-state index contributed by atoms with van der Waals surface area (Å²) in [6.45, 7) is 2.07. The second-order valence-electron chi connectivity index (χ2n) is 4.38. The molecule has 0 saturated heterocycles. The van der Waals surface area contributed by atoms with Crippen molar-refractivity contribution in [2.45, 2.75) is 19.1 Å². The summed E-state index contributed by atoms with van der Waals surface area (Å²) >= 11 is 9.42. The molecule has 0 heterocycles. The highest BCUT2D eigenvalue weighted by atomic mass is 79.9. The molecule has 0 bridgehead atoms. The van der Waals surface area contributed by atoms with E-state index < -0.39 is 0 Å². The predicted octanol–water partition coefficient (Wildman–Crippen LogP) is 5.55. The molecule has 0 spiro atoms. The highest BCUT2D eigenvalue weighted by molar-refractivity contribution is 9.09. The Morgan fingerprint density at radius 3 is 2.21 bits per heavy atom. The van der Waals surface area contributed by atoms with Gasteiger partial charge in [-0.3, -0.25) is 0 Å². The summed E-state index contributed by atoms with van der Waals surface area (Å²) in [5.74, 6) is 0. The van der Waals surface area contributed by atoms with E-state index in [2.05, 4.69) is 35.0 Å². The molecule has 0 saturated carbocycles. The van der Waals surface area contributed by atoms with Gasteiger partial charge in [-0.15, -0.1) is 0 Å². The maximum absolute atomic E-state index is 6.12. The van der Waals surface area contributed by atoms with Crippen LogP contribution in [0.4, 0.5) is 0 Å². The van der Waals surface area contributed by atoms with E-state index in [0.717, 1.165) is 15.9 Å². The predicted molar refractivity (Wildman–Crippen MR) is 83.9 cm³/mol. The third kappa shape index (κ3) is 4.07. The standard InChI is InChI=1S/C16H16BrClO/c1-12(13-5-3-2-4-6-13)19-16(11-17)14-7-9-15(18)10-8-14/h2-10,12,16H,11H2,1H3. The fourth-order valence-electron chi connectivity index (χ4n) is 1.93. The summed E-state index contributed by atoms with van der Waals surface area (Å²) in [4.78, 5) is 0. The zero-order valence-corrected chi connectivity index (χ0v) is 13.1. The van der Waals surface area contributed by atoms with Crippen molar-refractivity contribution >= 4 is 27.5 Å². The van der Waals surface area contributed by atoms with Crippen molar-refractivity contribution in [2.24, 2.45) is 0 Å². The molecule has 0 radical (unpaired) electrons. The van der Waals surface area contributed by atoms with E-state index in [9.17, 15) is 0 Å². The average Bonchev–Trinajstić information content (AvgIpc) is 2.46. The minimum atomic E-state index is 0.0208. The van der Waals surface area contributed by atoms with Crippen LogP contribution < -0.4 is 0 Å². The second-order valence-corrected chi connectivity index (χ2v) is 5.47. The van der Waals surface area contributed by atoms with Crippen molar-refractivity contribution < 1.29 is 4.74 Å². The largest absolute Gasteiger partial charge is 0.365 e. The summed E-state index contributed by atoms with van der Waals surface area (Å²) in [5.41, 5.74) is 2.31. The Hall–Kier alpha value is -0.830. The molecule has 2 atom stereocenters. The third-order valence-electron chi connectivity index (χ3n) is 3.02. The van der Waals surface area contributed by atoms with Crippen LogP contribution >= 0.6 is 27.5 Å². The first-order valence-corrected chi connectivity index (χ1v) is 7.72. The summed E-state index contributed by atoms with van der Waals surface area (Å²) in [7, 11) is 0. The van der Waals surface area contributed by atoms with Gasteiger partial charge in [-0.25, -0.2) is 0 Å². The minimum Gasteiger partial charge on any atom is -0.365 e. The zero-order valence-electron chi connectivity index (χ0n) is 10.7. The van der Waals surface area contributed by atoms with Crippen LogP contribution in [0.5, 0.6) is 0 Å². The first-order chi connectivity index (χ1) is 9.20. The maximum Gasteiger partial charge on any atom is 0.0929 e. The van der Waals surface area contributed by atoms with Gasteiger partial charge in [-0.1, -0.05) is 70.0 Å². The summed E-state index contributed by atoms with van der Waals surface area (Å²) in [6, 6.07) is 18.0. The molecule has 2 unspecified atom stereocenters. The van der Waals surface area contributed by atoms with Crippen LogP contribution in [-0.4, -0.2) is 5.33 Å². The first kappa shape index (κ1) is 14.6. The van der Waals surface area contributed by atoms with E-state index >= 15 is 0 Å². The van der Waals surface area contributed by atoms with Crippen LogP contribution in [0.25, 0.3) is 0 Å². The van der Waals surface area contributed by atoms with E-state index in [0.29, 0.717) is 0 Å². The molecule has 19 heavy (non-hydrogen) atoms. The van der Waals surface area contributed by atoms with Crippen molar-refractivity contribution in [3.63, 3.8) is 0 Å². The third-order valence-corrected chi connectivity index (χ3v) is 3.86. The molecular formula is C16H16BrClO. The number of hydrogen-bond donors (Lipinski definition) is 0. The van der Waals surface area contributed by atoms with E-state index in [1.54, 1.807) is 0 Å². The van der Waals surface area contributed by atoms with Gasteiger partial charge >= 0.3 is 0 Å². The first-order valence-electron chi connectivity index (χ1n) is 6.22. The van der Waals surface area contributed by atoms with E-state index in [-0.39, 0.29) is 12.2 Å². The molecular weight excluding hydrogens is 324 g/mol. The van der Waals surface area contributed by atoms with Gasteiger partial charge in [0, 0.05) is 10.4 Å². The lowest BCUT2D eigenvalue weighted by atomic mass is 10.1. The van der Waals surface area contributed by atoms with Gasteiger partial charge in [0.1, 0.15) is 0 Å². The Morgan fingerprint density at radius 2 is 1.63 bits per heavy atom. The number of hydrogen-bond acceptors (Lipinski definition) is 1. The van der Waals surface area contributed by atoms with Crippen LogP contribution in [0.2, 0.25) is 5.02 Å². The molecule has 0 aromatic heterocycles. The Balaban J connectivity index is 2.09. The lowest BCUT2D eigenvalue weighted by molar-refractivity contribution is 0.00932. The van der Waals surface area contributed by atoms with Gasteiger partial charge in [0.25, 0.3) is 0 Å². The molecule has 100 valence electrons. The number of rotatable bonds is 5. The fraction of sp³-hybridized carbons (Fsp3) is 0.250. The number of ether oxygens (including phenoxy) is 1. The average molecular weight is 340 g/mol. The molecule has 2 aromatic carbocycles. The molecule has 0 amide bonds. The highest BCUT2D eigenvalue weighted by Gasteiger charge is 2.15. The van der Waals surface area contributed by atoms with Crippen LogP contribution in [0.15, 0.2) is 54.6 Å².